The fourth-order valence-electron chi connectivity index (χ4n) is 3.69. The summed E-state index contributed by atoms with van der Waals surface area (Å²) in [6.45, 7) is 1.60. The van der Waals surface area contributed by atoms with Crippen molar-refractivity contribution < 1.29 is 14.3 Å². The zero-order chi connectivity index (χ0) is 20.7. The zero-order valence-corrected chi connectivity index (χ0v) is 17.1. The molecular weight excluding hydrogens is 409 g/mol. The standard InChI is InChI=1S/C23H17Cl2NO3/c1-12(27)29-11-13-2-4-17-16(6-13)9-19-18(17)7-15(8-20(19)23(26)28)14-3-5-21(24)22(25)10-14/h2-8,10H,9,11H2,1H3,(H2,26,28). The normalized spacial score (nSPS) is 11.7. The van der Waals surface area contributed by atoms with E-state index in [1.54, 1.807) is 18.2 Å². The molecule has 29 heavy (non-hydrogen) atoms. The molecule has 1 amide bonds. The van der Waals surface area contributed by atoms with Crippen molar-refractivity contribution in [3.8, 4) is 22.3 Å². The topological polar surface area (TPSA) is 69.4 Å². The van der Waals surface area contributed by atoms with Gasteiger partial charge in [0.15, 0.2) is 0 Å². The number of fused-ring (bicyclic) bond motifs is 3. The number of nitrogens with two attached hydrogens (primary N) is 1. The van der Waals surface area contributed by atoms with Crippen molar-refractivity contribution in [2.45, 2.75) is 20.0 Å². The molecule has 1 aliphatic rings. The van der Waals surface area contributed by atoms with Crippen molar-refractivity contribution in [2.75, 3.05) is 0 Å². The Labute approximate surface area is 178 Å². The van der Waals surface area contributed by atoms with Crippen molar-refractivity contribution in [3.63, 3.8) is 0 Å². The van der Waals surface area contributed by atoms with E-state index >= 15 is 0 Å². The van der Waals surface area contributed by atoms with E-state index < -0.39 is 5.91 Å². The minimum absolute atomic E-state index is 0.218. The molecule has 6 heteroatoms. The van der Waals surface area contributed by atoms with Crippen molar-refractivity contribution >= 4 is 35.1 Å². The Kier molecular flexibility index (Phi) is 5.07. The van der Waals surface area contributed by atoms with Gasteiger partial charge < -0.3 is 10.5 Å². The van der Waals surface area contributed by atoms with Crippen molar-refractivity contribution in [1.82, 2.24) is 0 Å². The summed E-state index contributed by atoms with van der Waals surface area (Å²) in [5.41, 5.74) is 12.7. The van der Waals surface area contributed by atoms with E-state index in [4.69, 9.17) is 33.7 Å². The SMILES string of the molecule is CC(=O)OCc1ccc2c(c1)Cc1c(C(N)=O)cc(-c3ccc(Cl)c(Cl)c3)cc1-2. The van der Waals surface area contributed by atoms with Gasteiger partial charge in [-0.05, 0) is 69.6 Å². The van der Waals surface area contributed by atoms with E-state index in [0.717, 1.165) is 38.9 Å². The smallest absolute Gasteiger partial charge is 0.302 e. The molecule has 0 unspecified atom stereocenters. The molecule has 0 radical (unpaired) electrons. The van der Waals surface area contributed by atoms with E-state index in [-0.39, 0.29) is 12.6 Å². The Morgan fingerprint density at radius 1 is 0.966 bits per heavy atom. The number of carbonyl (C=O) groups is 2. The molecule has 2 N–H and O–H groups in total. The van der Waals surface area contributed by atoms with E-state index in [2.05, 4.69) is 0 Å². The maximum Gasteiger partial charge on any atom is 0.302 e. The molecule has 0 spiro atoms. The summed E-state index contributed by atoms with van der Waals surface area (Å²) in [5, 5.41) is 0.915. The summed E-state index contributed by atoms with van der Waals surface area (Å²) in [6.07, 6.45) is 0.596. The molecule has 3 aromatic carbocycles. The fraction of sp³-hybridized carbons (Fsp3) is 0.130. The number of benzene rings is 3. The molecule has 0 aromatic heterocycles. The van der Waals surface area contributed by atoms with Crippen LogP contribution in [0.3, 0.4) is 0 Å². The predicted octanol–water partition coefficient (Wildman–Crippen LogP) is 5.39. The Morgan fingerprint density at radius 3 is 2.45 bits per heavy atom. The van der Waals surface area contributed by atoms with Crippen LogP contribution < -0.4 is 5.73 Å². The highest BCUT2D eigenvalue weighted by Crippen LogP contribution is 2.42. The van der Waals surface area contributed by atoms with Gasteiger partial charge in [-0.25, -0.2) is 0 Å². The highest BCUT2D eigenvalue weighted by atomic mass is 35.5. The van der Waals surface area contributed by atoms with Gasteiger partial charge in [0.25, 0.3) is 0 Å². The van der Waals surface area contributed by atoms with Crippen LogP contribution in [0.5, 0.6) is 0 Å². The molecule has 0 heterocycles. The summed E-state index contributed by atoms with van der Waals surface area (Å²) in [6, 6.07) is 15.1. The zero-order valence-electron chi connectivity index (χ0n) is 15.6. The van der Waals surface area contributed by atoms with Crippen LogP contribution in [-0.4, -0.2) is 11.9 Å². The Morgan fingerprint density at radius 2 is 1.76 bits per heavy atom. The maximum absolute atomic E-state index is 12.2. The molecule has 0 bridgehead atoms. The Hall–Kier alpha value is -2.82. The molecule has 0 fully saturated rings. The lowest BCUT2D eigenvalue weighted by Crippen LogP contribution is -2.13. The molecule has 4 nitrogen and oxygen atoms in total. The van der Waals surface area contributed by atoms with Crippen molar-refractivity contribution in [1.29, 1.82) is 0 Å². The van der Waals surface area contributed by atoms with Crippen LogP contribution >= 0.6 is 23.2 Å². The highest BCUT2D eigenvalue weighted by Gasteiger charge is 2.25. The number of hydrogen-bond acceptors (Lipinski definition) is 3. The number of amides is 1. The quantitative estimate of drug-likeness (QED) is 0.445. The van der Waals surface area contributed by atoms with Gasteiger partial charge in [-0.3, -0.25) is 9.59 Å². The van der Waals surface area contributed by atoms with Crippen LogP contribution in [-0.2, 0) is 22.6 Å². The molecule has 0 aliphatic heterocycles. The van der Waals surface area contributed by atoms with Gasteiger partial charge in [-0.2, -0.15) is 0 Å². The van der Waals surface area contributed by atoms with Crippen LogP contribution in [0.2, 0.25) is 10.0 Å². The third-order valence-electron chi connectivity index (χ3n) is 5.04. The third kappa shape index (κ3) is 3.74. The van der Waals surface area contributed by atoms with E-state index in [1.807, 2.05) is 30.3 Å². The van der Waals surface area contributed by atoms with Crippen molar-refractivity contribution in [3.05, 3.63) is 80.8 Å². The van der Waals surface area contributed by atoms with Crippen LogP contribution in [0, 0.1) is 0 Å². The molecule has 0 saturated heterocycles. The monoisotopic (exact) mass is 425 g/mol. The molecular formula is C23H17Cl2NO3. The van der Waals surface area contributed by atoms with Crippen LogP contribution in [0.1, 0.15) is 34.0 Å². The number of ether oxygens (including phenoxy) is 1. The molecule has 4 rings (SSSR count). The number of esters is 1. The number of hydrogen-bond donors (Lipinski definition) is 1. The lowest BCUT2D eigenvalue weighted by Gasteiger charge is -2.11. The third-order valence-corrected chi connectivity index (χ3v) is 5.78. The first-order valence-electron chi connectivity index (χ1n) is 9.01. The second-order valence-corrected chi connectivity index (χ2v) is 7.81. The first kappa shape index (κ1) is 19.5. The average molecular weight is 426 g/mol. The van der Waals surface area contributed by atoms with Crippen LogP contribution in [0.15, 0.2) is 48.5 Å². The summed E-state index contributed by atoms with van der Waals surface area (Å²) in [7, 11) is 0. The lowest BCUT2D eigenvalue weighted by atomic mass is 9.94. The molecule has 1 aliphatic carbocycles. The summed E-state index contributed by atoms with van der Waals surface area (Å²) in [4.78, 5) is 23.3. The van der Waals surface area contributed by atoms with E-state index in [0.29, 0.717) is 22.0 Å². The Balaban J connectivity index is 1.81. The highest BCUT2D eigenvalue weighted by molar-refractivity contribution is 6.42. The summed E-state index contributed by atoms with van der Waals surface area (Å²) >= 11 is 12.2. The van der Waals surface area contributed by atoms with Gasteiger partial charge in [-0.1, -0.05) is 47.5 Å². The van der Waals surface area contributed by atoms with Gasteiger partial charge >= 0.3 is 5.97 Å². The second-order valence-electron chi connectivity index (χ2n) is 6.99. The molecule has 0 atom stereocenters. The first-order chi connectivity index (χ1) is 13.8. The lowest BCUT2D eigenvalue weighted by molar-refractivity contribution is -0.142. The van der Waals surface area contributed by atoms with E-state index in [9.17, 15) is 9.59 Å². The van der Waals surface area contributed by atoms with Gasteiger partial charge in [-0.15, -0.1) is 0 Å². The number of primary amides is 1. The fourth-order valence-corrected chi connectivity index (χ4v) is 3.98. The largest absolute Gasteiger partial charge is 0.461 e. The minimum atomic E-state index is -0.476. The average Bonchev–Trinajstić information content (AvgIpc) is 3.05. The molecule has 3 aromatic rings. The summed E-state index contributed by atoms with van der Waals surface area (Å²) < 4.78 is 5.09. The number of carbonyl (C=O) groups excluding carboxylic acids is 2. The summed E-state index contributed by atoms with van der Waals surface area (Å²) in [5.74, 6) is -0.799. The van der Waals surface area contributed by atoms with Crippen LogP contribution in [0.25, 0.3) is 22.3 Å². The second kappa shape index (κ2) is 7.54. The predicted molar refractivity (Wildman–Crippen MR) is 114 cm³/mol. The molecule has 0 saturated carbocycles. The van der Waals surface area contributed by atoms with Crippen LogP contribution in [0.4, 0.5) is 0 Å². The Bertz CT molecular complexity index is 1170. The van der Waals surface area contributed by atoms with Gasteiger partial charge in [0.1, 0.15) is 6.61 Å². The minimum Gasteiger partial charge on any atom is -0.461 e. The van der Waals surface area contributed by atoms with Gasteiger partial charge in [0.2, 0.25) is 5.91 Å². The van der Waals surface area contributed by atoms with E-state index in [1.165, 1.54) is 6.92 Å². The molecule has 146 valence electrons. The van der Waals surface area contributed by atoms with Crippen molar-refractivity contribution in [2.24, 2.45) is 5.73 Å². The maximum atomic E-state index is 12.2. The van der Waals surface area contributed by atoms with Gasteiger partial charge in [0, 0.05) is 12.5 Å². The van der Waals surface area contributed by atoms with Gasteiger partial charge in [0.05, 0.1) is 10.0 Å². The number of rotatable bonds is 4. The number of halogens is 2. The first-order valence-corrected chi connectivity index (χ1v) is 9.77.